The Hall–Kier alpha value is -2.92. The molecule has 0 N–H and O–H groups in total. The Morgan fingerprint density at radius 1 is 1.13 bits per heavy atom. The topological polar surface area (TPSA) is 64.9 Å². The Kier molecular flexibility index (Phi) is 8.21. The van der Waals surface area contributed by atoms with E-state index < -0.39 is 5.82 Å². The fourth-order valence-corrected chi connectivity index (χ4v) is 9.25. The molecule has 3 aliphatic heterocycles. The summed E-state index contributed by atoms with van der Waals surface area (Å²) < 4.78 is 16.1. The quantitative estimate of drug-likeness (QED) is 0.340. The van der Waals surface area contributed by atoms with Gasteiger partial charge in [-0.25, -0.2) is 9.18 Å². The number of nitrogens with zero attached hydrogens (tertiary/aromatic N) is 6. The predicted octanol–water partition coefficient (Wildman–Crippen LogP) is 5.20. The maximum atomic E-state index is 14.2. The number of hydrogen-bond donors (Lipinski definition) is 0. The minimum atomic E-state index is -0.456. The van der Waals surface area contributed by atoms with Gasteiger partial charge in [0, 0.05) is 85.5 Å². The van der Waals surface area contributed by atoms with Crippen molar-refractivity contribution in [2.75, 3.05) is 56.5 Å². The van der Waals surface area contributed by atoms with Crippen molar-refractivity contribution >= 4 is 46.0 Å². The van der Waals surface area contributed by atoms with Gasteiger partial charge in [-0.2, -0.15) is 4.98 Å². The van der Waals surface area contributed by atoms with Crippen molar-refractivity contribution in [2.45, 2.75) is 62.7 Å². The van der Waals surface area contributed by atoms with Gasteiger partial charge in [0.1, 0.15) is 11.6 Å². The van der Waals surface area contributed by atoms with Crippen LogP contribution in [0.25, 0.3) is 22.0 Å². The Labute approximate surface area is 272 Å². The molecule has 0 bridgehead atoms. The molecule has 3 fully saturated rings. The molecule has 1 aromatic heterocycles. The second-order valence-corrected chi connectivity index (χ2v) is 14.5. The van der Waals surface area contributed by atoms with Crippen LogP contribution in [0.3, 0.4) is 0 Å². The minimum absolute atomic E-state index is 0.0289. The Bertz CT molecular complexity index is 1720. The summed E-state index contributed by atoms with van der Waals surface area (Å²) in [6.45, 7) is 15.9. The van der Waals surface area contributed by atoms with Gasteiger partial charge in [-0.3, -0.25) is 19.2 Å². The van der Waals surface area contributed by atoms with Crippen molar-refractivity contribution in [3.63, 3.8) is 0 Å². The summed E-state index contributed by atoms with van der Waals surface area (Å²) >= 11 is 8.03. The van der Waals surface area contributed by atoms with Gasteiger partial charge < -0.3 is 9.80 Å². The summed E-state index contributed by atoms with van der Waals surface area (Å²) in [7, 11) is 0. The van der Waals surface area contributed by atoms with Gasteiger partial charge in [0.25, 0.3) is 0 Å². The highest BCUT2D eigenvalue weighted by Gasteiger charge is 2.37. The van der Waals surface area contributed by atoms with Gasteiger partial charge in [0.05, 0.1) is 16.6 Å². The van der Waals surface area contributed by atoms with Crippen molar-refractivity contribution in [1.82, 2.24) is 24.3 Å². The molecule has 4 aliphatic rings. The molecule has 1 saturated carbocycles. The van der Waals surface area contributed by atoms with Crippen molar-refractivity contribution in [3.8, 4) is 11.1 Å². The van der Waals surface area contributed by atoms with E-state index in [1.165, 1.54) is 25.0 Å². The van der Waals surface area contributed by atoms with Gasteiger partial charge in [0.2, 0.25) is 5.91 Å². The number of piperazine rings is 2. The van der Waals surface area contributed by atoms with E-state index >= 15 is 0 Å². The first-order valence-corrected chi connectivity index (χ1v) is 17.3. The highest BCUT2D eigenvalue weighted by molar-refractivity contribution is 7.99. The van der Waals surface area contributed by atoms with Crippen LogP contribution in [0.2, 0.25) is 5.02 Å². The molecule has 0 radical (unpaired) electrons. The average molecular weight is 651 g/mol. The fourth-order valence-electron chi connectivity index (χ4n) is 7.69. The van der Waals surface area contributed by atoms with E-state index in [0.29, 0.717) is 18.9 Å². The Morgan fingerprint density at radius 2 is 1.84 bits per heavy atom. The molecule has 7 rings (SSSR count). The number of amides is 1. The van der Waals surface area contributed by atoms with Gasteiger partial charge in [-0.05, 0) is 69.0 Å². The van der Waals surface area contributed by atoms with Gasteiger partial charge in [-0.1, -0.05) is 24.2 Å². The summed E-state index contributed by atoms with van der Waals surface area (Å²) in [5, 5.41) is 1.00. The van der Waals surface area contributed by atoms with Gasteiger partial charge in [0.15, 0.2) is 0 Å². The summed E-state index contributed by atoms with van der Waals surface area (Å²) in [5.74, 6) is 0.856. The molecule has 238 valence electrons. The summed E-state index contributed by atoms with van der Waals surface area (Å²) in [5.41, 5.74) is 3.44. The lowest BCUT2D eigenvalue weighted by atomic mass is 9.97. The number of carbonyl (C=O) groups is 1. The minimum Gasteiger partial charge on any atom is -0.352 e. The van der Waals surface area contributed by atoms with Crippen LogP contribution in [0.1, 0.15) is 38.3 Å². The van der Waals surface area contributed by atoms with Gasteiger partial charge >= 0.3 is 5.69 Å². The van der Waals surface area contributed by atoms with E-state index in [2.05, 4.69) is 34.3 Å². The van der Waals surface area contributed by atoms with Gasteiger partial charge in [-0.15, -0.1) is 11.8 Å². The second kappa shape index (κ2) is 12.0. The molecule has 0 spiro atoms. The molecule has 8 nitrogen and oxygen atoms in total. The first kappa shape index (κ1) is 30.7. The van der Waals surface area contributed by atoms with Crippen LogP contribution in [-0.4, -0.2) is 99.8 Å². The molecule has 0 unspecified atom stereocenters. The fraction of sp³-hybridized carbons (Fsp3) is 0.500. The van der Waals surface area contributed by atoms with Crippen LogP contribution in [0.5, 0.6) is 0 Å². The number of anilines is 1. The molecule has 45 heavy (non-hydrogen) atoms. The van der Waals surface area contributed by atoms with E-state index in [0.717, 1.165) is 77.0 Å². The Morgan fingerprint density at radius 3 is 2.49 bits per heavy atom. The molecule has 1 aliphatic carbocycles. The van der Waals surface area contributed by atoms with Crippen molar-refractivity contribution < 1.29 is 9.18 Å². The molecular formula is C34H40ClFN6O2S. The number of rotatable bonds is 6. The van der Waals surface area contributed by atoms with Crippen molar-refractivity contribution in [1.29, 1.82) is 0 Å². The highest BCUT2D eigenvalue weighted by atomic mass is 35.5. The van der Waals surface area contributed by atoms with Crippen LogP contribution in [0, 0.1) is 12.7 Å². The highest BCUT2D eigenvalue weighted by Crippen LogP contribution is 2.46. The standard InChI is InChI=1S/C34H40ClFN6O2S/c1-5-29(43)41-21(3)16-40(17-22(41)4)33-26-14-20(2)30(23-6-9-28(36)27(35)15-23)32-31(26)42(34(44)37-33)25(19-45-32)18-38-10-12-39(13-11-38)24-7-8-24/h5-6,9,14-15,21-22,24-25H,1,7-8,10-13,16-19H2,2-4H3/t21-,22+,25-/m0/s1. The molecule has 3 aromatic rings. The van der Waals surface area contributed by atoms with E-state index in [1.54, 1.807) is 23.9 Å². The number of benzene rings is 2. The smallest absolute Gasteiger partial charge is 0.350 e. The molecule has 11 heteroatoms. The van der Waals surface area contributed by atoms with E-state index in [9.17, 15) is 14.0 Å². The van der Waals surface area contributed by atoms with Crippen LogP contribution in [0.4, 0.5) is 10.2 Å². The molecular weight excluding hydrogens is 611 g/mol. The third-order valence-electron chi connectivity index (χ3n) is 9.92. The normalized spacial score (nSPS) is 24.3. The van der Waals surface area contributed by atoms with Crippen LogP contribution < -0.4 is 10.6 Å². The van der Waals surface area contributed by atoms with Crippen LogP contribution in [0.15, 0.2) is 46.6 Å². The lowest BCUT2D eigenvalue weighted by Crippen LogP contribution is -2.58. The summed E-state index contributed by atoms with van der Waals surface area (Å²) in [6, 6.07) is 7.55. The predicted molar refractivity (Wildman–Crippen MR) is 180 cm³/mol. The lowest BCUT2D eigenvalue weighted by molar-refractivity contribution is -0.130. The zero-order valence-corrected chi connectivity index (χ0v) is 27.7. The maximum Gasteiger partial charge on any atom is 0.350 e. The maximum absolute atomic E-state index is 14.2. The zero-order chi connectivity index (χ0) is 31.6. The largest absolute Gasteiger partial charge is 0.352 e. The molecule has 3 atom stereocenters. The first-order valence-electron chi connectivity index (χ1n) is 16.0. The third-order valence-corrected chi connectivity index (χ3v) is 11.4. The molecule has 2 saturated heterocycles. The number of carbonyl (C=O) groups excluding carboxylic acids is 1. The molecule has 1 amide bonds. The monoisotopic (exact) mass is 650 g/mol. The lowest BCUT2D eigenvalue weighted by Gasteiger charge is -2.45. The number of hydrogen-bond acceptors (Lipinski definition) is 7. The molecule has 4 heterocycles. The second-order valence-electron chi connectivity index (χ2n) is 13.1. The molecule has 2 aromatic carbocycles. The van der Waals surface area contributed by atoms with E-state index in [4.69, 9.17) is 16.6 Å². The average Bonchev–Trinajstić information content (AvgIpc) is 3.86. The van der Waals surface area contributed by atoms with E-state index in [1.807, 2.05) is 23.3 Å². The summed E-state index contributed by atoms with van der Waals surface area (Å²) in [4.78, 5) is 41.7. The number of aromatic nitrogens is 2. The number of aryl methyl sites for hydroxylation is 1. The van der Waals surface area contributed by atoms with Crippen LogP contribution in [-0.2, 0) is 4.79 Å². The van der Waals surface area contributed by atoms with E-state index in [-0.39, 0.29) is 34.7 Å². The third kappa shape index (κ3) is 5.58. The Balaban J connectivity index is 1.33. The van der Waals surface area contributed by atoms with Crippen molar-refractivity contribution in [2.24, 2.45) is 0 Å². The SMILES string of the molecule is C=CC(=O)N1[C@H](C)CN(c2nc(=O)n3c4c(c(-c5ccc(F)c(Cl)c5)c(C)cc24)SC[C@@H]3CN2CCN(C3CC3)CC2)C[C@@H]1C. The first-order chi connectivity index (χ1) is 21.6. The van der Waals surface area contributed by atoms with Crippen molar-refractivity contribution in [3.05, 3.63) is 63.8 Å². The number of thioether (sulfide) groups is 1. The van der Waals surface area contributed by atoms with Crippen LogP contribution >= 0.6 is 23.4 Å². The zero-order valence-electron chi connectivity index (χ0n) is 26.1. The summed E-state index contributed by atoms with van der Waals surface area (Å²) in [6.07, 6.45) is 4.00. The number of halogens is 2.